The Kier molecular flexibility index (Phi) is 12.4. The van der Waals surface area contributed by atoms with Crippen LogP contribution in [-0.2, 0) is 19.7 Å². The number of carbonyl (C=O) groups is 2. The Morgan fingerprint density at radius 3 is 2.15 bits per heavy atom. The van der Waals surface area contributed by atoms with E-state index in [4.69, 9.17) is 14.6 Å². The Morgan fingerprint density at radius 2 is 1.65 bits per heavy atom. The van der Waals surface area contributed by atoms with Crippen LogP contribution in [0.3, 0.4) is 0 Å². The minimum Gasteiger partial charge on any atom is -0.478 e. The zero-order valence-corrected chi connectivity index (χ0v) is 23.7. The first-order valence-electron chi connectivity index (χ1n) is 12.7. The number of benzene rings is 1. The van der Waals surface area contributed by atoms with Crippen LogP contribution in [0.2, 0.25) is 0 Å². The van der Waals surface area contributed by atoms with E-state index in [9.17, 15) is 31.5 Å². The van der Waals surface area contributed by atoms with Crippen LogP contribution in [0.1, 0.15) is 29.6 Å². The Bertz CT molecular complexity index is 1090. The van der Waals surface area contributed by atoms with Gasteiger partial charge in [-0.05, 0) is 57.6 Å². The van der Waals surface area contributed by atoms with Gasteiger partial charge in [0.1, 0.15) is 0 Å². The number of hydrogen-bond donors (Lipinski definition) is 3. The van der Waals surface area contributed by atoms with Gasteiger partial charge in [-0.3, -0.25) is 9.62 Å². The van der Waals surface area contributed by atoms with Gasteiger partial charge < -0.3 is 24.7 Å². The minimum absolute atomic E-state index is 0.103. The van der Waals surface area contributed by atoms with Crippen molar-refractivity contribution in [3.8, 4) is 0 Å². The van der Waals surface area contributed by atoms with E-state index in [1.807, 2.05) is 0 Å². The van der Waals surface area contributed by atoms with Gasteiger partial charge in [0.15, 0.2) is 0 Å². The second-order valence-corrected chi connectivity index (χ2v) is 11.6. The number of nitrogens with one attached hydrogen (secondary N) is 1. The molecule has 0 radical (unpaired) electrons. The molecule has 1 aromatic rings. The predicted molar refractivity (Wildman–Crippen MR) is 143 cm³/mol. The molecule has 2 aliphatic rings. The van der Waals surface area contributed by atoms with Gasteiger partial charge in [-0.15, -0.1) is 0 Å². The third kappa shape index (κ3) is 10.4. The molecular formula is C24H38F3N5O7S. The number of rotatable bonds is 10. The molecule has 1 aromatic carbocycles. The van der Waals surface area contributed by atoms with Crippen molar-refractivity contribution in [1.29, 1.82) is 0 Å². The van der Waals surface area contributed by atoms with Gasteiger partial charge in [-0.2, -0.15) is 25.9 Å². The largest absolute Gasteiger partial charge is 0.490 e. The molecule has 2 heterocycles. The van der Waals surface area contributed by atoms with E-state index in [1.54, 1.807) is 12.1 Å². The van der Waals surface area contributed by atoms with Crippen molar-refractivity contribution in [2.24, 2.45) is 0 Å². The molecule has 228 valence electrons. The Hall–Kier alpha value is -2.66. The number of nitrogens with zero attached hydrogens (tertiary/aromatic N) is 4. The quantitative estimate of drug-likeness (QED) is 0.366. The van der Waals surface area contributed by atoms with Crippen molar-refractivity contribution in [3.63, 3.8) is 0 Å². The molecule has 16 heteroatoms. The summed E-state index contributed by atoms with van der Waals surface area (Å²) in [6.45, 7) is 7.36. The average molecular weight is 598 g/mol. The summed E-state index contributed by atoms with van der Waals surface area (Å²) in [7, 11) is 1.30. The van der Waals surface area contributed by atoms with E-state index in [0.29, 0.717) is 11.7 Å². The number of aromatic carboxylic acids is 1. The Balaban J connectivity index is 0.000000708. The van der Waals surface area contributed by atoms with Gasteiger partial charge >= 0.3 is 28.3 Å². The fourth-order valence-corrected chi connectivity index (χ4v) is 4.99. The zero-order chi connectivity index (χ0) is 30.1. The highest BCUT2D eigenvalue weighted by atomic mass is 32.2. The summed E-state index contributed by atoms with van der Waals surface area (Å²) >= 11 is 0. The van der Waals surface area contributed by atoms with Crippen molar-refractivity contribution < 1.29 is 46.1 Å². The van der Waals surface area contributed by atoms with Crippen molar-refractivity contribution in [3.05, 3.63) is 23.8 Å². The topological polar surface area (TPSA) is 143 Å². The molecule has 2 fully saturated rings. The number of hydrogen-bond acceptors (Lipinski definition) is 8. The lowest BCUT2D eigenvalue weighted by atomic mass is 10.0. The standard InChI is InChI=1S/C22H37N5O5S.C2HF3O2/c1-24(2)33(30,31)23-18-5-6-21(20(17-18)22(28)29)27-11-7-19(8-12-27)25(3)9-4-10-26-13-15-32-16-14-26;3-2(4,5)1(6)7/h5-6,17,19,23H,4,7-16H2,1-3H3,(H,28,29);(H,6,7). The fourth-order valence-electron chi connectivity index (χ4n) is 4.39. The monoisotopic (exact) mass is 597 g/mol. The van der Waals surface area contributed by atoms with Gasteiger partial charge in [0.2, 0.25) is 0 Å². The normalized spacial score (nSPS) is 17.4. The predicted octanol–water partition coefficient (Wildman–Crippen LogP) is 1.86. The molecule has 3 N–H and O–H groups in total. The first kappa shape index (κ1) is 33.5. The zero-order valence-electron chi connectivity index (χ0n) is 22.9. The highest BCUT2D eigenvalue weighted by molar-refractivity contribution is 7.90. The van der Waals surface area contributed by atoms with E-state index in [-0.39, 0.29) is 11.3 Å². The lowest BCUT2D eigenvalue weighted by Crippen LogP contribution is -2.45. The third-order valence-electron chi connectivity index (χ3n) is 6.71. The van der Waals surface area contributed by atoms with Crippen molar-refractivity contribution in [2.75, 3.05) is 83.2 Å². The third-order valence-corrected chi connectivity index (χ3v) is 8.17. The van der Waals surface area contributed by atoms with Gasteiger partial charge in [0, 0.05) is 46.3 Å². The van der Waals surface area contributed by atoms with Gasteiger partial charge in [-0.25, -0.2) is 9.59 Å². The van der Waals surface area contributed by atoms with Crippen LogP contribution in [0.5, 0.6) is 0 Å². The van der Waals surface area contributed by atoms with E-state index >= 15 is 0 Å². The van der Waals surface area contributed by atoms with E-state index < -0.39 is 28.3 Å². The number of carboxylic acids is 2. The number of alkyl halides is 3. The maximum absolute atomic E-state index is 12.1. The Labute approximate surface area is 232 Å². The lowest BCUT2D eigenvalue weighted by Gasteiger charge is -2.38. The number of anilines is 2. The SMILES string of the molecule is CN(CCCN1CCOCC1)C1CCN(c2ccc(NS(=O)(=O)N(C)C)cc2C(=O)O)CC1.O=C(O)C(F)(F)F. The molecule has 0 aromatic heterocycles. The van der Waals surface area contributed by atoms with Crippen LogP contribution in [0.25, 0.3) is 0 Å². The first-order valence-corrected chi connectivity index (χ1v) is 14.2. The van der Waals surface area contributed by atoms with Crippen molar-refractivity contribution in [1.82, 2.24) is 14.1 Å². The smallest absolute Gasteiger partial charge is 0.478 e. The highest BCUT2D eigenvalue weighted by Crippen LogP contribution is 2.29. The Morgan fingerprint density at radius 1 is 1.07 bits per heavy atom. The molecule has 2 saturated heterocycles. The number of halogens is 3. The highest BCUT2D eigenvalue weighted by Gasteiger charge is 2.38. The van der Waals surface area contributed by atoms with Gasteiger partial charge in [0.05, 0.1) is 30.2 Å². The maximum atomic E-state index is 12.1. The van der Waals surface area contributed by atoms with Gasteiger partial charge in [-0.1, -0.05) is 0 Å². The summed E-state index contributed by atoms with van der Waals surface area (Å²) < 4.78 is 64.7. The number of carboxylic acid groups (broad SMARTS) is 2. The van der Waals surface area contributed by atoms with Crippen molar-refractivity contribution >= 4 is 33.5 Å². The molecule has 3 rings (SSSR count). The van der Waals surface area contributed by atoms with Crippen LogP contribution < -0.4 is 9.62 Å². The molecule has 2 aliphatic heterocycles. The summed E-state index contributed by atoms with van der Waals surface area (Å²) in [5.74, 6) is -3.83. The van der Waals surface area contributed by atoms with Crippen LogP contribution in [-0.4, -0.2) is 131 Å². The van der Waals surface area contributed by atoms with Crippen LogP contribution in [0, 0.1) is 0 Å². The molecule has 0 unspecified atom stereocenters. The molecule has 0 amide bonds. The lowest BCUT2D eigenvalue weighted by molar-refractivity contribution is -0.192. The molecule has 12 nitrogen and oxygen atoms in total. The second-order valence-electron chi connectivity index (χ2n) is 9.74. The molecule has 0 saturated carbocycles. The molecule has 0 spiro atoms. The maximum Gasteiger partial charge on any atom is 0.490 e. The number of morpholine rings is 1. The van der Waals surface area contributed by atoms with Crippen LogP contribution >= 0.6 is 0 Å². The van der Waals surface area contributed by atoms with E-state index in [0.717, 1.165) is 76.0 Å². The fraction of sp³-hybridized carbons (Fsp3) is 0.667. The summed E-state index contributed by atoms with van der Waals surface area (Å²) in [5, 5.41) is 16.9. The summed E-state index contributed by atoms with van der Waals surface area (Å²) in [5.41, 5.74) is 0.967. The minimum atomic E-state index is -5.08. The van der Waals surface area contributed by atoms with Crippen LogP contribution in [0.4, 0.5) is 24.5 Å². The summed E-state index contributed by atoms with van der Waals surface area (Å²) in [4.78, 5) is 27.8. The molecule has 0 atom stereocenters. The van der Waals surface area contributed by atoms with E-state index in [1.165, 1.54) is 20.2 Å². The summed E-state index contributed by atoms with van der Waals surface area (Å²) in [6.07, 6.45) is -2.03. The first-order chi connectivity index (χ1) is 18.6. The number of ether oxygens (including phenoxy) is 1. The summed E-state index contributed by atoms with van der Waals surface area (Å²) in [6, 6.07) is 5.18. The molecule has 40 heavy (non-hydrogen) atoms. The second kappa shape index (κ2) is 14.8. The van der Waals surface area contributed by atoms with Crippen LogP contribution in [0.15, 0.2) is 18.2 Å². The molecular weight excluding hydrogens is 559 g/mol. The van der Waals surface area contributed by atoms with Gasteiger partial charge in [0.25, 0.3) is 0 Å². The number of aliphatic carboxylic acids is 1. The van der Waals surface area contributed by atoms with Crippen molar-refractivity contribution in [2.45, 2.75) is 31.5 Å². The molecule has 0 bridgehead atoms. The van der Waals surface area contributed by atoms with E-state index in [2.05, 4.69) is 26.5 Å². The molecule has 0 aliphatic carbocycles. The number of piperidine rings is 1. The average Bonchev–Trinajstić information content (AvgIpc) is 2.89.